The van der Waals surface area contributed by atoms with Crippen LogP contribution in [0.3, 0.4) is 0 Å². The highest BCUT2D eigenvalue weighted by Crippen LogP contribution is 2.15. The first-order valence-electron chi connectivity index (χ1n) is 7.21. The van der Waals surface area contributed by atoms with Crippen molar-refractivity contribution in [3.05, 3.63) is 47.2 Å². The summed E-state index contributed by atoms with van der Waals surface area (Å²) >= 11 is 5.93. The monoisotopic (exact) mass is 335 g/mol. The molecule has 1 atom stereocenters. The number of aliphatic carboxylic acids is 1. The van der Waals surface area contributed by atoms with Crippen LogP contribution in [0, 0.1) is 5.92 Å². The highest BCUT2D eigenvalue weighted by molar-refractivity contribution is 6.30. The fourth-order valence-corrected chi connectivity index (χ4v) is 2.32. The minimum atomic E-state index is -1.05. The van der Waals surface area contributed by atoms with Crippen LogP contribution in [0.1, 0.15) is 30.6 Å². The molecule has 0 saturated carbocycles. The quantitative estimate of drug-likeness (QED) is 0.850. The highest BCUT2D eigenvalue weighted by Gasteiger charge is 2.22. The van der Waals surface area contributed by atoms with Crippen molar-refractivity contribution in [2.24, 2.45) is 5.92 Å². The van der Waals surface area contributed by atoms with Crippen LogP contribution in [0.15, 0.2) is 36.7 Å². The maximum absolute atomic E-state index is 12.2. The van der Waals surface area contributed by atoms with Crippen LogP contribution >= 0.6 is 11.6 Å². The third-order valence-corrected chi connectivity index (χ3v) is 3.46. The number of benzene rings is 1. The Labute approximate surface area is 139 Å². The molecule has 122 valence electrons. The van der Waals surface area contributed by atoms with Crippen molar-refractivity contribution in [3.8, 4) is 5.69 Å². The van der Waals surface area contributed by atoms with Gasteiger partial charge in [0.05, 0.1) is 17.4 Å². The first-order valence-corrected chi connectivity index (χ1v) is 7.59. The molecule has 2 aromatic rings. The number of aromatic nitrogens is 2. The van der Waals surface area contributed by atoms with Gasteiger partial charge in [0, 0.05) is 11.2 Å². The molecule has 1 amide bonds. The molecule has 2 N–H and O–H groups in total. The largest absolute Gasteiger partial charge is 0.480 e. The van der Waals surface area contributed by atoms with Crippen molar-refractivity contribution in [2.75, 3.05) is 0 Å². The number of amides is 1. The van der Waals surface area contributed by atoms with E-state index in [9.17, 15) is 14.7 Å². The van der Waals surface area contributed by atoms with E-state index in [1.807, 2.05) is 13.8 Å². The summed E-state index contributed by atoms with van der Waals surface area (Å²) in [5, 5.41) is 16.4. The van der Waals surface area contributed by atoms with Crippen molar-refractivity contribution in [1.29, 1.82) is 0 Å². The van der Waals surface area contributed by atoms with E-state index < -0.39 is 17.9 Å². The smallest absolute Gasteiger partial charge is 0.326 e. The lowest BCUT2D eigenvalue weighted by atomic mass is 10.0. The number of rotatable bonds is 6. The molecule has 0 bridgehead atoms. The van der Waals surface area contributed by atoms with Crippen molar-refractivity contribution in [2.45, 2.75) is 26.3 Å². The van der Waals surface area contributed by atoms with Gasteiger partial charge in [-0.25, -0.2) is 9.48 Å². The summed E-state index contributed by atoms with van der Waals surface area (Å²) in [7, 11) is 0. The van der Waals surface area contributed by atoms with E-state index in [0.29, 0.717) is 22.7 Å². The Morgan fingerprint density at radius 1 is 1.39 bits per heavy atom. The second-order valence-electron chi connectivity index (χ2n) is 5.65. The maximum Gasteiger partial charge on any atom is 0.326 e. The molecular weight excluding hydrogens is 318 g/mol. The minimum absolute atomic E-state index is 0.158. The number of nitrogens with one attached hydrogen (secondary N) is 1. The third-order valence-electron chi connectivity index (χ3n) is 3.23. The van der Waals surface area contributed by atoms with E-state index in [4.69, 9.17) is 11.6 Å². The number of nitrogens with zero attached hydrogens (tertiary/aromatic N) is 2. The minimum Gasteiger partial charge on any atom is -0.480 e. The van der Waals surface area contributed by atoms with Gasteiger partial charge in [0.2, 0.25) is 0 Å². The molecule has 0 spiro atoms. The summed E-state index contributed by atoms with van der Waals surface area (Å²) in [6, 6.07) is 6.12. The Bertz CT molecular complexity index is 712. The van der Waals surface area contributed by atoms with Crippen molar-refractivity contribution in [1.82, 2.24) is 15.1 Å². The van der Waals surface area contributed by atoms with E-state index >= 15 is 0 Å². The number of carbonyl (C=O) groups is 2. The van der Waals surface area contributed by atoms with E-state index in [1.54, 1.807) is 24.3 Å². The Morgan fingerprint density at radius 2 is 2.13 bits per heavy atom. The molecule has 0 radical (unpaired) electrons. The zero-order valence-corrected chi connectivity index (χ0v) is 13.6. The second kappa shape index (κ2) is 7.28. The van der Waals surface area contributed by atoms with Crippen LogP contribution in [0.25, 0.3) is 5.69 Å². The number of hydrogen-bond acceptors (Lipinski definition) is 3. The van der Waals surface area contributed by atoms with Crippen LogP contribution in [0.5, 0.6) is 0 Å². The molecule has 0 aliphatic rings. The zero-order valence-electron chi connectivity index (χ0n) is 12.9. The first kappa shape index (κ1) is 17.0. The van der Waals surface area contributed by atoms with Gasteiger partial charge in [-0.3, -0.25) is 4.79 Å². The van der Waals surface area contributed by atoms with Crippen LogP contribution < -0.4 is 5.32 Å². The molecule has 0 saturated heterocycles. The topological polar surface area (TPSA) is 84.2 Å². The lowest BCUT2D eigenvalue weighted by Crippen LogP contribution is -2.41. The Balaban J connectivity index is 2.13. The normalized spacial score (nSPS) is 12.2. The summed E-state index contributed by atoms with van der Waals surface area (Å²) in [5.41, 5.74) is 1.01. The molecule has 7 heteroatoms. The first-order chi connectivity index (χ1) is 10.9. The van der Waals surface area contributed by atoms with Gasteiger partial charge in [0.25, 0.3) is 5.91 Å². The van der Waals surface area contributed by atoms with Gasteiger partial charge in [-0.1, -0.05) is 31.5 Å². The predicted octanol–water partition coefficient (Wildman–Crippen LogP) is 2.75. The SMILES string of the molecule is CC(C)C[C@@H](NC(=O)c1cnn(-c2cccc(Cl)c2)c1)C(=O)O. The molecule has 0 aliphatic heterocycles. The highest BCUT2D eigenvalue weighted by atomic mass is 35.5. The molecule has 1 aromatic carbocycles. The number of carbonyl (C=O) groups excluding carboxylic acids is 1. The van der Waals surface area contributed by atoms with E-state index in [0.717, 1.165) is 0 Å². The average molecular weight is 336 g/mol. The van der Waals surface area contributed by atoms with Gasteiger partial charge < -0.3 is 10.4 Å². The van der Waals surface area contributed by atoms with Crippen LogP contribution in [-0.4, -0.2) is 32.8 Å². The molecular formula is C16H18ClN3O3. The van der Waals surface area contributed by atoms with Crippen LogP contribution in [0.4, 0.5) is 0 Å². The Kier molecular flexibility index (Phi) is 5.39. The molecule has 2 rings (SSSR count). The molecule has 0 aliphatic carbocycles. The Morgan fingerprint density at radius 3 is 2.74 bits per heavy atom. The van der Waals surface area contributed by atoms with Gasteiger partial charge in [-0.2, -0.15) is 5.10 Å². The predicted molar refractivity (Wildman–Crippen MR) is 86.9 cm³/mol. The van der Waals surface area contributed by atoms with Crippen molar-refractivity contribution < 1.29 is 14.7 Å². The van der Waals surface area contributed by atoms with E-state index in [1.165, 1.54) is 17.1 Å². The summed E-state index contributed by atoms with van der Waals surface area (Å²) < 4.78 is 1.51. The third kappa shape index (κ3) is 4.56. The summed E-state index contributed by atoms with van der Waals surface area (Å²) in [5.74, 6) is -1.36. The standard InChI is InChI=1S/C16H18ClN3O3/c1-10(2)6-14(16(22)23)19-15(21)11-8-18-20(9-11)13-5-3-4-12(17)7-13/h3-5,7-10,14H,6H2,1-2H3,(H,19,21)(H,22,23)/t14-/m1/s1. The zero-order chi connectivity index (χ0) is 17.0. The van der Waals surface area contributed by atoms with E-state index in [2.05, 4.69) is 10.4 Å². The molecule has 0 unspecified atom stereocenters. The van der Waals surface area contributed by atoms with Gasteiger partial charge in [0.15, 0.2) is 0 Å². The van der Waals surface area contributed by atoms with Crippen molar-refractivity contribution >= 4 is 23.5 Å². The number of carboxylic acids is 1. The van der Waals surface area contributed by atoms with Crippen LogP contribution in [0.2, 0.25) is 5.02 Å². The van der Waals surface area contributed by atoms with Gasteiger partial charge in [0.1, 0.15) is 6.04 Å². The lowest BCUT2D eigenvalue weighted by molar-refractivity contribution is -0.139. The fraction of sp³-hybridized carbons (Fsp3) is 0.312. The van der Waals surface area contributed by atoms with Gasteiger partial charge in [-0.05, 0) is 30.5 Å². The lowest BCUT2D eigenvalue weighted by Gasteiger charge is -2.15. The molecule has 1 heterocycles. The Hall–Kier alpha value is -2.34. The van der Waals surface area contributed by atoms with Crippen molar-refractivity contribution in [3.63, 3.8) is 0 Å². The van der Waals surface area contributed by atoms with E-state index in [-0.39, 0.29) is 5.92 Å². The number of hydrogen-bond donors (Lipinski definition) is 2. The molecule has 0 fully saturated rings. The van der Waals surface area contributed by atoms with Crippen LogP contribution in [-0.2, 0) is 4.79 Å². The number of halogens is 1. The molecule has 1 aromatic heterocycles. The number of carboxylic acid groups (broad SMARTS) is 1. The molecule has 23 heavy (non-hydrogen) atoms. The summed E-state index contributed by atoms with van der Waals surface area (Å²) in [6.45, 7) is 3.80. The fourth-order valence-electron chi connectivity index (χ4n) is 2.13. The summed E-state index contributed by atoms with van der Waals surface area (Å²) in [4.78, 5) is 23.4. The second-order valence-corrected chi connectivity index (χ2v) is 6.08. The van der Waals surface area contributed by atoms with Gasteiger partial charge in [-0.15, -0.1) is 0 Å². The van der Waals surface area contributed by atoms with Gasteiger partial charge >= 0.3 is 5.97 Å². The molecule has 6 nitrogen and oxygen atoms in total. The summed E-state index contributed by atoms with van der Waals surface area (Å²) in [6.07, 6.45) is 3.29. The average Bonchev–Trinajstić information content (AvgIpc) is 2.95. The maximum atomic E-state index is 12.2.